The molecule has 0 aromatic heterocycles. The lowest BCUT2D eigenvalue weighted by Gasteiger charge is -1.97. The Morgan fingerprint density at radius 1 is 0.500 bits per heavy atom. The second kappa shape index (κ2) is 22.2. The van der Waals surface area contributed by atoms with E-state index in [1.54, 1.807) is 0 Å². The van der Waals surface area contributed by atoms with Gasteiger partial charge in [-0.05, 0) is 13.8 Å². The first-order valence-corrected chi connectivity index (χ1v) is 10.6. The van der Waals surface area contributed by atoms with Crippen molar-refractivity contribution in [2.75, 3.05) is 0 Å². The predicted molar refractivity (Wildman–Crippen MR) is 114 cm³/mol. The third-order valence-corrected chi connectivity index (χ3v) is 4.09. The van der Waals surface area contributed by atoms with E-state index in [0.717, 1.165) is 0 Å². The summed E-state index contributed by atoms with van der Waals surface area (Å²) in [5.74, 6) is 0. The second-order valence-electron chi connectivity index (χ2n) is 6.99. The third kappa shape index (κ3) is 23.5. The van der Waals surface area contributed by atoms with Gasteiger partial charge >= 0.3 is 0 Å². The van der Waals surface area contributed by atoms with Crippen LogP contribution in [-0.4, -0.2) is 0 Å². The van der Waals surface area contributed by atoms with Crippen molar-refractivity contribution in [1.82, 2.24) is 0 Å². The Labute approximate surface area is 154 Å². The molecule has 0 aliphatic rings. The lowest BCUT2D eigenvalue weighted by molar-refractivity contribution is 0.585. The van der Waals surface area contributed by atoms with Crippen LogP contribution in [0, 0.1) is 13.8 Å². The van der Waals surface area contributed by atoms with Crippen molar-refractivity contribution in [2.24, 2.45) is 0 Å². The molecule has 0 spiro atoms. The third-order valence-electron chi connectivity index (χ3n) is 4.09. The molecule has 142 valence electrons. The van der Waals surface area contributed by atoms with Gasteiger partial charge in [0.15, 0.2) is 0 Å². The van der Waals surface area contributed by atoms with Crippen molar-refractivity contribution in [3.05, 3.63) is 35.4 Å². The van der Waals surface area contributed by atoms with E-state index in [9.17, 15) is 0 Å². The first-order valence-electron chi connectivity index (χ1n) is 10.6. The smallest absolute Gasteiger partial charge is 0.0398 e. The monoisotopic (exact) mass is 334 g/mol. The highest BCUT2D eigenvalue weighted by molar-refractivity contribution is 5.20. The largest absolute Gasteiger partial charge is 0.0654 e. The van der Waals surface area contributed by atoms with Crippen molar-refractivity contribution in [1.29, 1.82) is 0 Å². The molecule has 1 aromatic rings. The topological polar surface area (TPSA) is 0 Å². The molecule has 1 aromatic carbocycles. The summed E-state index contributed by atoms with van der Waals surface area (Å²) in [5.41, 5.74) is 2.68. The van der Waals surface area contributed by atoms with Gasteiger partial charge in [0.1, 0.15) is 0 Å². The molecule has 24 heavy (non-hydrogen) atoms. The minimum Gasteiger partial charge on any atom is -0.0654 e. The van der Waals surface area contributed by atoms with E-state index in [1.165, 1.54) is 88.2 Å². The number of hydrogen-bond donors (Lipinski definition) is 0. The highest BCUT2D eigenvalue weighted by Crippen LogP contribution is 2.07. The molecule has 0 saturated carbocycles. The van der Waals surface area contributed by atoms with Gasteiger partial charge in [0, 0.05) is 0 Å². The first kappa shape index (κ1) is 25.5. The maximum absolute atomic E-state index is 2.27. The number of aryl methyl sites for hydroxylation is 2. The van der Waals surface area contributed by atoms with Crippen molar-refractivity contribution in [2.45, 2.75) is 119 Å². The van der Waals surface area contributed by atoms with Gasteiger partial charge in [0.2, 0.25) is 0 Å². The van der Waals surface area contributed by atoms with Crippen LogP contribution in [0.2, 0.25) is 0 Å². The first-order chi connectivity index (χ1) is 11.6. The Bertz CT molecular complexity index is 297. The molecule has 0 saturated heterocycles. The summed E-state index contributed by atoms with van der Waals surface area (Å²) >= 11 is 0. The molecule has 0 bridgehead atoms. The van der Waals surface area contributed by atoms with E-state index in [0.29, 0.717) is 0 Å². The molecule has 0 aliphatic carbocycles. The molecule has 0 heteroatoms. The van der Waals surface area contributed by atoms with Crippen LogP contribution in [0.5, 0.6) is 0 Å². The Kier molecular flexibility index (Phi) is 23.6. The molecule has 1 rings (SSSR count). The van der Waals surface area contributed by atoms with Crippen molar-refractivity contribution < 1.29 is 0 Å². The molecule has 0 atom stereocenters. The zero-order valence-electron chi connectivity index (χ0n) is 17.8. The fraction of sp³-hybridized carbons (Fsp3) is 0.750. The summed E-state index contributed by atoms with van der Waals surface area (Å²) in [7, 11) is 0. The molecule has 0 fully saturated rings. The van der Waals surface area contributed by atoms with Gasteiger partial charge in [-0.1, -0.05) is 140 Å². The van der Waals surface area contributed by atoms with Gasteiger partial charge in [0.25, 0.3) is 0 Å². The lowest BCUT2D eigenvalue weighted by Crippen LogP contribution is -1.77. The maximum atomic E-state index is 2.27. The summed E-state index contributed by atoms with van der Waals surface area (Å²) in [6.07, 6.45) is 17.0. The number of unbranched alkanes of at least 4 members (excludes halogenated alkanes) is 10. The SMILES string of the molecule is CCCCCC.CCCCCCCCCC.Cc1cccc(C)c1. The Morgan fingerprint density at radius 3 is 1.04 bits per heavy atom. The highest BCUT2D eigenvalue weighted by Gasteiger charge is 1.87. The van der Waals surface area contributed by atoms with Gasteiger partial charge in [-0.15, -0.1) is 0 Å². The fourth-order valence-corrected chi connectivity index (χ4v) is 2.51. The lowest BCUT2D eigenvalue weighted by atomic mass is 10.1. The highest BCUT2D eigenvalue weighted by atomic mass is 13.9. The van der Waals surface area contributed by atoms with E-state index >= 15 is 0 Å². The van der Waals surface area contributed by atoms with Gasteiger partial charge < -0.3 is 0 Å². The standard InChI is InChI=1S/C10H22.C8H10.C6H14/c1-3-5-7-9-10-8-6-4-2;1-7-4-3-5-8(2)6-7;1-3-5-6-4-2/h3-10H2,1-2H3;3-6H,1-2H3;3-6H2,1-2H3. The predicted octanol–water partition coefficient (Wildman–Crippen LogP) is 9.04. The second-order valence-corrected chi connectivity index (χ2v) is 6.99. The van der Waals surface area contributed by atoms with Gasteiger partial charge in [-0.2, -0.15) is 0 Å². The summed E-state index contributed by atoms with van der Waals surface area (Å²) in [6, 6.07) is 8.45. The van der Waals surface area contributed by atoms with Gasteiger partial charge in [-0.25, -0.2) is 0 Å². The molecule has 0 nitrogen and oxygen atoms in total. The Morgan fingerprint density at radius 2 is 0.792 bits per heavy atom. The molecular formula is C24H46. The van der Waals surface area contributed by atoms with Crippen molar-refractivity contribution in [3.8, 4) is 0 Å². The quantitative estimate of drug-likeness (QED) is 0.374. The molecule has 0 unspecified atom stereocenters. The van der Waals surface area contributed by atoms with Gasteiger partial charge in [-0.3, -0.25) is 0 Å². The molecule has 0 aliphatic heterocycles. The normalized spacial score (nSPS) is 9.58. The van der Waals surface area contributed by atoms with Crippen LogP contribution in [-0.2, 0) is 0 Å². The van der Waals surface area contributed by atoms with Crippen LogP contribution in [0.4, 0.5) is 0 Å². The van der Waals surface area contributed by atoms with Crippen LogP contribution in [0.3, 0.4) is 0 Å². The van der Waals surface area contributed by atoms with E-state index in [4.69, 9.17) is 0 Å². The summed E-state index contributed by atoms with van der Waals surface area (Å²) < 4.78 is 0. The Hall–Kier alpha value is -0.780. The summed E-state index contributed by atoms with van der Waals surface area (Å²) in [4.78, 5) is 0. The van der Waals surface area contributed by atoms with Crippen molar-refractivity contribution in [3.63, 3.8) is 0 Å². The van der Waals surface area contributed by atoms with Crippen LogP contribution >= 0.6 is 0 Å². The number of benzene rings is 1. The maximum Gasteiger partial charge on any atom is -0.0398 e. The molecular weight excluding hydrogens is 288 g/mol. The minimum absolute atomic E-state index is 1.34. The van der Waals surface area contributed by atoms with E-state index in [-0.39, 0.29) is 0 Å². The average Bonchev–Trinajstić information content (AvgIpc) is 2.57. The van der Waals surface area contributed by atoms with Crippen LogP contribution in [0.15, 0.2) is 24.3 Å². The van der Waals surface area contributed by atoms with E-state index in [2.05, 4.69) is 65.8 Å². The average molecular weight is 335 g/mol. The minimum atomic E-state index is 1.34. The Balaban J connectivity index is 0. The van der Waals surface area contributed by atoms with Crippen LogP contribution < -0.4 is 0 Å². The summed E-state index contributed by atoms with van der Waals surface area (Å²) in [6.45, 7) is 13.2. The molecule has 0 N–H and O–H groups in total. The van der Waals surface area contributed by atoms with Crippen LogP contribution in [0.1, 0.15) is 116 Å². The van der Waals surface area contributed by atoms with E-state index < -0.39 is 0 Å². The van der Waals surface area contributed by atoms with Gasteiger partial charge in [0.05, 0.1) is 0 Å². The van der Waals surface area contributed by atoms with Crippen LogP contribution in [0.25, 0.3) is 0 Å². The zero-order valence-corrected chi connectivity index (χ0v) is 17.8. The number of hydrogen-bond acceptors (Lipinski definition) is 0. The molecule has 0 radical (unpaired) electrons. The zero-order chi connectivity index (χ0) is 18.5. The summed E-state index contributed by atoms with van der Waals surface area (Å²) in [5, 5.41) is 0. The molecule has 0 heterocycles. The number of rotatable bonds is 10. The van der Waals surface area contributed by atoms with Crippen molar-refractivity contribution >= 4 is 0 Å². The molecule has 0 amide bonds. The fourth-order valence-electron chi connectivity index (χ4n) is 2.51. The van der Waals surface area contributed by atoms with E-state index in [1.807, 2.05) is 0 Å².